The van der Waals surface area contributed by atoms with Crippen molar-refractivity contribution in [1.82, 2.24) is 10.3 Å². The number of aromatic nitrogens is 1. The molecule has 2 aromatic rings. The average Bonchev–Trinajstić information content (AvgIpc) is 2.71. The van der Waals surface area contributed by atoms with Gasteiger partial charge in [-0.1, -0.05) is 18.2 Å². The van der Waals surface area contributed by atoms with Crippen molar-refractivity contribution in [2.24, 2.45) is 0 Å². The number of H-pyrrole nitrogens is 1. The molecule has 0 fully saturated rings. The fourth-order valence-electron chi connectivity index (χ4n) is 1.90. The van der Waals surface area contributed by atoms with Crippen LogP contribution in [0, 0.1) is 0 Å². The lowest BCUT2D eigenvalue weighted by atomic mass is 10.1. The van der Waals surface area contributed by atoms with E-state index in [-0.39, 0.29) is 6.61 Å². The van der Waals surface area contributed by atoms with E-state index in [1.807, 2.05) is 30.5 Å². The van der Waals surface area contributed by atoms with Gasteiger partial charge >= 0.3 is 6.09 Å². The van der Waals surface area contributed by atoms with E-state index >= 15 is 0 Å². The molecular formula is C12H14N2O3. The van der Waals surface area contributed by atoms with E-state index < -0.39 is 12.1 Å². The van der Waals surface area contributed by atoms with Crippen LogP contribution in [0.2, 0.25) is 0 Å². The Labute approximate surface area is 98.1 Å². The summed E-state index contributed by atoms with van der Waals surface area (Å²) in [6.07, 6.45) is 1.19. The number of nitrogens with one attached hydrogen (secondary N) is 2. The smallest absolute Gasteiger partial charge is 0.404 e. The summed E-state index contributed by atoms with van der Waals surface area (Å²) in [6, 6.07) is 7.31. The lowest BCUT2D eigenvalue weighted by molar-refractivity contribution is 0.177. The Bertz CT molecular complexity index is 521. The van der Waals surface area contributed by atoms with Crippen molar-refractivity contribution in [2.75, 3.05) is 6.61 Å². The molecule has 0 radical (unpaired) electrons. The minimum atomic E-state index is -1.12. The second-order valence-electron chi connectivity index (χ2n) is 3.89. The second-order valence-corrected chi connectivity index (χ2v) is 3.89. The zero-order valence-electron chi connectivity index (χ0n) is 9.18. The fourth-order valence-corrected chi connectivity index (χ4v) is 1.90. The van der Waals surface area contributed by atoms with Crippen LogP contribution in [-0.4, -0.2) is 33.9 Å². The molecule has 4 N–H and O–H groups in total. The van der Waals surface area contributed by atoms with Gasteiger partial charge in [0.15, 0.2) is 0 Å². The van der Waals surface area contributed by atoms with E-state index in [1.165, 1.54) is 0 Å². The SMILES string of the molecule is O=C(O)N[C@H](CO)Cc1c[nH]c2ccccc12. The van der Waals surface area contributed by atoms with Gasteiger partial charge < -0.3 is 20.5 Å². The number of para-hydroxylation sites is 1. The first-order valence-corrected chi connectivity index (χ1v) is 5.36. The van der Waals surface area contributed by atoms with Crippen molar-refractivity contribution in [3.05, 3.63) is 36.0 Å². The van der Waals surface area contributed by atoms with Crippen LogP contribution in [-0.2, 0) is 6.42 Å². The molecule has 1 atom stereocenters. The highest BCUT2D eigenvalue weighted by atomic mass is 16.4. The Hall–Kier alpha value is -2.01. The molecule has 0 spiro atoms. The molecule has 17 heavy (non-hydrogen) atoms. The summed E-state index contributed by atoms with van der Waals surface area (Å²) in [4.78, 5) is 13.6. The molecule has 2 rings (SSSR count). The zero-order valence-corrected chi connectivity index (χ0v) is 9.18. The van der Waals surface area contributed by atoms with Crippen molar-refractivity contribution in [1.29, 1.82) is 0 Å². The van der Waals surface area contributed by atoms with Crippen LogP contribution in [0.15, 0.2) is 30.5 Å². The normalized spacial score (nSPS) is 12.5. The molecule has 1 aromatic heterocycles. The van der Waals surface area contributed by atoms with Gasteiger partial charge in [-0.25, -0.2) is 4.79 Å². The van der Waals surface area contributed by atoms with Crippen molar-refractivity contribution >= 4 is 17.0 Å². The van der Waals surface area contributed by atoms with Crippen LogP contribution < -0.4 is 5.32 Å². The molecular weight excluding hydrogens is 220 g/mol. The largest absolute Gasteiger partial charge is 0.465 e. The number of amides is 1. The number of aromatic amines is 1. The highest BCUT2D eigenvalue weighted by molar-refractivity contribution is 5.83. The minimum absolute atomic E-state index is 0.216. The molecule has 1 amide bonds. The number of carbonyl (C=O) groups is 1. The summed E-state index contributed by atoms with van der Waals surface area (Å²) in [6.45, 7) is -0.216. The molecule has 0 saturated heterocycles. The third kappa shape index (κ3) is 2.57. The standard InChI is InChI=1S/C12H14N2O3/c15-7-9(14-12(16)17)5-8-6-13-11-4-2-1-3-10(8)11/h1-4,6,9,13-15H,5,7H2,(H,16,17)/t9-/m0/s1. The van der Waals surface area contributed by atoms with Gasteiger partial charge in [-0.15, -0.1) is 0 Å². The summed E-state index contributed by atoms with van der Waals surface area (Å²) >= 11 is 0. The Morgan fingerprint density at radius 1 is 1.41 bits per heavy atom. The first-order valence-electron chi connectivity index (χ1n) is 5.36. The van der Waals surface area contributed by atoms with Crippen LogP contribution in [0.25, 0.3) is 10.9 Å². The highest BCUT2D eigenvalue weighted by Crippen LogP contribution is 2.18. The second kappa shape index (κ2) is 4.88. The number of hydrogen-bond acceptors (Lipinski definition) is 2. The topological polar surface area (TPSA) is 85.3 Å². The van der Waals surface area contributed by atoms with Gasteiger partial charge in [-0.3, -0.25) is 0 Å². The van der Waals surface area contributed by atoms with Crippen molar-refractivity contribution < 1.29 is 15.0 Å². The maximum Gasteiger partial charge on any atom is 0.404 e. The molecule has 5 nitrogen and oxygen atoms in total. The molecule has 0 unspecified atom stereocenters. The molecule has 1 heterocycles. The quantitative estimate of drug-likeness (QED) is 0.644. The lowest BCUT2D eigenvalue weighted by Gasteiger charge is -2.13. The highest BCUT2D eigenvalue weighted by Gasteiger charge is 2.13. The van der Waals surface area contributed by atoms with Crippen LogP contribution in [0.1, 0.15) is 5.56 Å². The van der Waals surface area contributed by atoms with Crippen molar-refractivity contribution in [3.8, 4) is 0 Å². The van der Waals surface area contributed by atoms with E-state index in [2.05, 4.69) is 10.3 Å². The third-order valence-electron chi connectivity index (χ3n) is 2.69. The summed E-state index contributed by atoms with van der Waals surface area (Å²) in [5.74, 6) is 0. The van der Waals surface area contributed by atoms with Crippen LogP contribution in [0.5, 0.6) is 0 Å². The van der Waals surface area contributed by atoms with Crippen LogP contribution in [0.4, 0.5) is 4.79 Å². The van der Waals surface area contributed by atoms with E-state index in [9.17, 15) is 4.79 Å². The average molecular weight is 234 g/mol. The number of carboxylic acid groups (broad SMARTS) is 1. The van der Waals surface area contributed by atoms with Gasteiger partial charge in [0.25, 0.3) is 0 Å². The maximum atomic E-state index is 10.5. The first kappa shape index (κ1) is 11.5. The predicted molar refractivity (Wildman–Crippen MR) is 64.0 cm³/mol. The van der Waals surface area contributed by atoms with Gasteiger partial charge in [0.2, 0.25) is 0 Å². The molecule has 0 bridgehead atoms. The molecule has 1 aromatic carbocycles. The summed E-state index contributed by atoms with van der Waals surface area (Å²) < 4.78 is 0. The first-order chi connectivity index (χ1) is 8.20. The number of benzene rings is 1. The van der Waals surface area contributed by atoms with Gasteiger partial charge in [-0.05, 0) is 18.1 Å². The zero-order chi connectivity index (χ0) is 12.3. The third-order valence-corrected chi connectivity index (χ3v) is 2.69. The Morgan fingerprint density at radius 3 is 2.88 bits per heavy atom. The number of hydrogen-bond donors (Lipinski definition) is 4. The van der Waals surface area contributed by atoms with E-state index in [4.69, 9.17) is 10.2 Å². The van der Waals surface area contributed by atoms with Crippen molar-refractivity contribution in [3.63, 3.8) is 0 Å². The Morgan fingerprint density at radius 2 is 2.18 bits per heavy atom. The molecule has 0 aliphatic rings. The predicted octanol–water partition coefficient (Wildman–Crippen LogP) is 1.34. The van der Waals surface area contributed by atoms with E-state index in [1.54, 1.807) is 0 Å². The lowest BCUT2D eigenvalue weighted by Crippen LogP contribution is -2.38. The molecule has 0 aliphatic carbocycles. The summed E-state index contributed by atoms with van der Waals surface area (Å²) in [7, 11) is 0. The molecule has 0 saturated carbocycles. The van der Waals surface area contributed by atoms with Gasteiger partial charge in [0.05, 0.1) is 12.6 Å². The number of fused-ring (bicyclic) bond motifs is 1. The number of aliphatic hydroxyl groups excluding tert-OH is 1. The fraction of sp³-hybridized carbons (Fsp3) is 0.250. The summed E-state index contributed by atoms with van der Waals surface area (Å²) in [5, 5.41) is 21.1. The Balaban J connectivity index is 2.19. The molecule has 0 aliphatic heterocycles. The molecule has 90 valence electrons. The Kier molecular flexibility index (Phi) is 3.30. The van der Waals surface area contributed by atoms with Gasteiger partial charge in [0, 0.05) is 17.1 Å². The van der Waals surface area contributed by atoms with Gasteiger partial charge in [-0.2, -0.15) is 0 Å². The minimum Gasteiger partial charge on any atom is -0.465 e. The molecule has 5 heteroatoms. The van der Waals surface area contributed by atoms with Crippen molar-refractivity contribution in [2.45, 2.75) is 12.5 Å². The van der Waals surface area contributed by atoms with Gasteiger partial charge in [0.1, 0.15) is 0 Å². The van der Waals surface area contributed by atoms with E-state index in [0.29, 0.717) is 6.42 Å². The van der Waals surface area contributed by atoms with E-state index in [0.717, 1.165) is 16.5 Å². The number of aliphatic hydroxyl groups is 1. The maximum absolute atomic E-state index is 10.5. The van der Waals surface area contributed by atoms with Crippen LogP contribution in [0.3, 0.4) is 0 Å². The monoisotopic (exact) mass is 234 g/mol. The van der Waals surface area contributed by atoms with Crippen LogP contribution >= 0.6 is 0 Å². The summed E-state index contributed by atoms with van der Waals surface area (Å²) in [5.41, 5.74) is 2.00. The number of rotatable bonds is 4.